The lowest BCUT2D eigenvalue weighted by molar-refractivity contribution is 0.112. The van der Waals surface area contributed by atoms with Crippen molar-refractivity contribution in [3.8, 4) is 22.6 Å². The van der Waals surface area contributed by atoms with Crippen molar-refractivity contribution in [3.05, 3.63) is 84.4 Å². The van der Waals surface area contributed by atoms with Crippen molar-refractivity contribution in [1.29, 1.82) is 0 Å². The third-order valence-corrected chi connectivity index (χ3v) is 3.21. The van der Waals surface area contributed by atoms with Crippen LogP contribution in [0.15, 0.2) is 78.9 Å². The highest BCUT2D eigenvalue weighted by Crippen LogP contribution is 2.25. The zero-order valence-corrected chi connectivity index (χ0v) is 11.4. The molecule has 0 amide bonds. The molecule has 0 spiro atoms. The van der Waals surface area contributed by atoms with Crippen LogP contribution < -0.4 is 4.74 Å². The molecule has 0 bridgehead atoms. The maximum atomic E-state index is 10.6. The molecular weight excluding hydrogens is 260 g/mol. The van der Waals surface area contributed by atoms with E-state index >= 15 is 0 Å². The topological polar surface area (TPSA) is 26.3 Å². The monoisotopic (exact) mass is 274 g/mol. The van der Waals surface area contributed by atoms with E-state index in [1.54, 1.807) is 24.3 Å². The fraction of sp³-hybridized carbons (Fsp3) is 0. The summed E-state index contributed by atoms with van der Waals surface area (Å²) in [6.07, 6.45) is 0.818. The van der Waals surface area contributed by atoms with Crippen LogP contribution in [0.4, 0.5) is 0 Å². The Morgan fingerprint density at radius 2 is 1.14 bits per heavy atom. The molecule has 2 heteroatoms. The molecule has 3 rings (SSSR count). The molecule has 0 saturated heterocycles. The number of ether oxygens (including phenoxy) is 1. The summed E-state index contributed by atoms with van der Waals surface area (Å²) in [4.78, 5) is 10.6. The summed E-state index contributed by atoms with van der Waals surface area (Å²) in [6, 6.07) is 25.2. The van der Waals surface area contributed by atoms with Gasteiger partial charge in [-0.15, -0.1) is 0 Å². The summed E-state index contributed by atoms with van der Waals surface area (Å²) in [7, 11) is 0. The van der Waals surface area contributed by atoms with Gasteiger partial charge in [0.1, 0.15) is 17.8 Å². The maximum Gasteiger partial charge on any atom is 0.150 e. The van der Waals surface area contributed by atoms with Gasteiger partial charge in [-0.05, 0) is 47.5 Å². The van der Waals surface area contributed by atoms with E-state index in [0.717, 1.165) is 17.6 Å². The molecule has 102 valence electrons. The normalized spacial score (nSPS) is 10.1. The third kappa shape index (κ3) is 3.18. The van der Waals surface area contributed by atoms with Crippen molar-refractivity contribution in [2.75, 3.05) is 0 Å². The Hall–Kier alpha value is -2.87. The Bertz CT molecular complexity index is 714. The molecule has 0 radical (unpaired) electrons. The molecule has 0 aromatic heterocycles. The Balaban J connectivity index is 1.76. The average Bonchev–Trinajstić information content (AvgIpc) is 2.57. The molecule has 2 nitrogen and oxygen atoms in total. The summed E-state index contributed by atoms with van der Waals surface area (Å²) < 4.78 is 5.75. The lowest BCUT2D eigenvalue weighted by atomic mass is 10.1. The van der Waals surface area contributed by atoms with Crippen LogP contribution in [0.2, 0.25) is 0 Å². The van der Waals surface area contributed by atoms with Gasteiger partial charge in [-0.3, -0.25) is 4.79 Å². The number of carbonyl (C=O) groups excluding carboxylic acids is 1. The van der Waals surface area contributed by atoms with Gasteiger partial charge < -0.3 is 4.74 Å². The van der Waals surface area contributed by atoms with E-state index < -0.39 is 0 Å². The minimum atomic E-state index is 0.641. The summed E-state index contributed by atoms with van der Waals surface area (Å²) in [5.74, 6) is 1.49. The predicted molar refractivity (Wildman–Crippen MR) is 83.8 cm³/mol. The van der Waals surface area contributed by atoms with Crippen molar-refractivity contribution < 1.29 is 9.53 Å². The van der Waals surface area contributed by atoms with E-state index in [9.17, 15) is 4.79 Å². The van der Waals surface area contributed by atoms with Gasteiger partial charge in [0, 0.05) is 5.56 Å². The van der Waals surface area contributed by atoms with Crippen LogP contribution in [-0.2, 0) is 0 Å². The maximum absolute atomic E-state index is 10.6. The molecule has 0 aliphatic heterocycles. The van der Waals surface area contributed by atoms with Gasteiger partial charge >= 0.3 is 0 Å². The van der Waals surface area contributed by atoms with Crippen molar-refractivity contribution >= 4 is 6.29 Å². The first kappa shape index (κ1) is 13.1. The van der Waals surface area contributed by atoms with Gasteiger partial charge in [0.2, 0.25) is 0 Å². The quantitative estimate of drug-likeness (QED) is 0.629. The van der Waals surface area contributed by atoms with Crippen molar-refractivity contribution in [3.63, 3.8) is 0 Å². The van der Waals surface area contributed by atoms with Gasteiger partial charge in [0.25, 0.3) is 0 Å². The molecule has 0 unspecified atom stereocenters. The lowest BCUT2D eigenvalue weighted by Gasteiger charge is -2.07. The highest BCUT2D eigenvalue weighted by atomic mass is 16.5. The summed E-state index contributed by atoms with van der Waals surface area (Å²) in [5.41, 5.74) is 2.97. The highest BCUT2D eigenvalue weighted by Gasteiger charge is 2.00. The van der Waals surface area contributed by atoms with Gasteiger partial charge in [0.15, 0.2) is 0 Å². The number of aldehydes is 1. The zero-order valence-electron chi connectivity index (χ0n) is 11.4. The molecule has 0 atom stereocenters. The van der Waals surface area contributed by atoms with Gasteiger partial charge in [-0.25, -0.2) is 0 Å². The zero-order chi connectivity index (χ0) is 14.5. The number of carbonyl (C=O) groups is 1. The fourth-order valence-corrected chi connectivity index (χ4v) is 2.10. The minimum absolute atomic E-state index is 0.641. The molecule has 0 heterocycles. The van der Waals surface area contributed by atoms with Crippen LogP contribution in [0.1, 0.15) is 10.4 Å². The van der Waals surface area contributed by atoms with Crippen molar-refractivity contribution in [2.24, 2.45) is 0 Å². The number of rotatable bonds is 4. The first-order valence-corrected chi connectivity index (χ1v) is 6.74. The first-order chi connectivity index (χ1) is 10.3. The molecule has 3 aromatic carbocycles. The molecule has 3 aromatic rings. The molecule has 0 aliphatic carbocycles. The van der Waals surface area contributed by atoms with Gasteiger partial charge in [0.05, 0.1) is 0 Å². The summed E-state index contributed by atoms with van der Waals surface area (Å²) in [6.45, 7) is 0. The van der Waals surface area contributed by atoms with Crippen LogP contribution in [0.5, 0.6) is 11.5 Å². The van der Waals surface area contributed by atoms with Crippen LogP contribution in [0.25, 0.3) is 11.1 Å². The van der Waals surface area contributed by atoms with E-state index in [1.165, 1.54) is 5.56 Å². The molecule has 0 fully saturated rings. The van der Waals surface area contributed by atoms with Crippen LogP contribution in [0, 0.1) is 0 Å². The number of hydrogen-bond acceptors (Lipinski definition) is 2. The Labute approximate surface area is 123 Å². The average molecular weight is 274 g/mol. The SMILES string of the molecule is O=Cc1ccc(Oc2ccc(-c3ccccc3)cc2)cc1. The smallest absolute Gasteiger partial charge is 0.150 e. The van der Waals surface area contributed by atoms with E-state index in [-0.39, 0.29) is 0 Å². The van der Waals surface area contributed by atoms with E-state index in [4.69, 9.17) is 4.74 Å². The van der Waals surface area contributed by atoms with Gasteiger partial charge in [-0.2, -0.15) is 0 Å². The second-order valence-corrected chi connectivity index (χ2v) is 4.68. The lowest BCUT2D eigenvalue weighted by Crippen LogP contribution is -1.85. The standard InChI is InChI=1S/C19H14O2/c20-14-15-6-10-18(11-7-15)21-19-12-8-17(9-13-19)16-4-2-1-3-5-16/h1-14H. The molecule has 0 saturated carbocycles. The molecule has 21 heavy (non-hydrogen) atoms. The van der Waals surface area contributed by atoms with Crippen molar-refractivity contribution in [1.82, 2.24) is 0 Å². The molecule has 0 N–H and O–H groups in total. The third-order valence-electron chi connectivity index (χ3n) is 3.21. The second kappa shape index (κ2) is 6.06. The Kier molecular flexibility index (Phi) is 3.79. The summed E-state index contributed by atoms with van der Waals surface area (Å²) >= 11 is 0. The minimum Gasteiger partial charge on any atom is -0.457 e. The van der Waals surface area contributed by atoms with E-state index in [1.807, 2.05) is 42.5 Å². The predicted octanol–water partition coefficient (Wildman–Crippen LogP) is 4.96. The Morgan fingerprint density at radius 1 is 0.619 bits per heavy atom. The van der Waals surface area contributed by atoms with Crippen LogP contribution in [0.3, 0.4) is 0 Å². The molecule has 0 aliphatic rings. The first-order valence-electron chi connectivity index (χ1n) is 6.74. The van der Waals surface area contributed by atoms with E-state index in [0.29, 0.717) is 11.3 Å². The van der Waals surface area contributed by atoms with Crippen molar-refractivity contribution in [2.45, 2.75) is 0 Å². The van der Waals surface area contributed by atoms with Crippen LogP contribution >= 0.6 is 0 Å². The number of hydrogen-bond donors (Lipinski definition) is 0. The van der Waals surface area contributed by atoms with Gasteiger partial charge in [-0.1, -0.05) is 42.5 Å². The largest absolute Gasteiger partial charge is 0.457 e. The number of benzene rings is 3. The summed E-state index contributed by atoms with van der Waals surface area (Å²) in [5, 5.41) is 0. The Morgan fingerprint density at radius 3 is 1.71 bits per heavy atom. The van der Waals surface area contributed by atoms with E-state index in [2.05, 4.69) is 12.1 Å². The fourth-order valence-electron chi connectivity index (χ4n) is 2.10. The second-order valence-electron chi connectivity index (χ2n) is 4.68. The van der Waals surface area contributed by atoms with Crippen LogP contribution in [-0.4, -0.2) is 6.29 Å². The highest BCUT2D eigenvalue weighted by molar-refractivity contribution is 5.74. The molecular formula is C19H14O2.